The van der Waals surface area contributed by atoms with E-state index in [0.717, 1.165) is 16.7 Å². The van der Waals surface area contributed by atoms with Crippen molar-refractivity contribution in [1.82, 2.24) is 9.80 Å². The molecule has 0 bridgehead atoms. The maximum Gasteiger partial charge on any atom is 0.410 e. The Labute approximate surface area is 167 Å². The van der Waals surface area contributed by atoms with E-state index in [-0.39, 0.29) is 24.1 Å². The van der Waals surface area contributed by atoms with Crippen molar-refractivity contribution in [2.45, 2.75) is 18.7 Å². The van der Waals surface area contributed by atoms with Gasteiger partial charge in [-0.05, 0) is 18.2 Å². The Morgan fingerprint density at radius 1 is 1.14 bits per heavy atom. The fourth-order valence-electron chi connectivity index (χ4n) is 4.11. The van der Waals surface area contributed by atoms with Crippen molar-refractivity contribution in [2.24, 2.45) is 0 Å². The van der Waals surface area contributed by atoms with Gasteiger partial charge >= 0.3 is 6.09 Å². The number of hydrogen-bond donors (Lipinski definition) is 0. The van der Waals surface area contributed by atoms with E-state index >= 15 is 0 Å². The number of methoxy groups -OCH3 is 1. The van der Waals surface area contributed by atoms with E-state index in [1.54, 1.807) is 23.0 Å². The summed E-state index contributed by atoms with van der Waals surface area (Å²) in [4.78, 5) is 28.7. The number of carbonyl (C=O) groups excluding carboxylic acids is 2. The summed E-state index contributed by atoms with van der Waals surface area (Å²) in [5, 5.41) is 0.888. The molecular formula is C22H20N2O5. The average molecular weight is 392 g/mol. The van der Waals surface area contributed by atoms with Gasteiger partial charge in [-0.25, -0.2) is 4.79 Å². The fourth-order valence-corrected chi connectivity index (χ4v) is 4.11. The number of carbonyl (C=O) groups is 2. The van der Waals surface area contributed by atoms with Crippen LogP contribution in [0.5, 0.6) is 5.75 Å². The minimum Gasteiger partial charge on any atom is -0.496 e. The third-order valence-electron chi connectivity index (χ3n) is 5.58. The summed E-state index contributed by atoms with van der Waals surface area (Å²) in [5.41, 5.74) is 1.58. The van der Waals surface area contributed by atoms with Crippen LogP contribution in [0.4, 0.5) is 4.79 Å². The molecule has 2 amide bonds. The van der Waals surface area contributed by atoms with Gasteiger partial charge in [0, 0.05) is 17.5 Å². The van der Waals surface area contributed by atoms with Gasteiger partial charge in [-0.2, -0.15) is 0 Å². The molecule has 5 rings (SSSR count). The van der Waals surface area contributed by atoms with E-state index in [4.69, 9.17) is 13.9 Å². The zero-order chi connectivity index (χ0) is 20.0. The van der Waals surface area contributed by atoms with E-state index in [9.17, 15) is 9.59 Å². The topological polar surface area (TPSA) is 72.2 Å². The minimum atomic E-state index is -0.359. The molecule has 2 aliphatic rings. The van der Waals surface area contributed by atoms with Gasteiger partial charge in [0.05, 0.1) is 26.2 Å². The van der Waals surface area contributed by atoms with E-state index in [0.29, 0.717) is 31.0 Å². The number of rotatable bonds is 4. The summed E-state index contributed by atoms with van der Waals surface area (Å²) in [7, 11) is 1.60. The van der Waals surface area contributed by atoms with Crippen LogP contribution in [0.1, 0.15) is 16.1 Å². The molecule has 2 aliphatic heterocycles. The molecule has 0 unspecified atom stereocenters. The lowest BCUT2D eigenvalue weighted by atomic mass is 10.1. The second kappa shape index (κ2) is 6.84. The lowest BCUT2D eigenvalue weighted by Gasteiger charge is -2.23. The first kappa shape index (κ1) is 17.6. The number of amides is 2. The van der Waals surface area contributed by atoms with Crippen LogP contribution in [0.25, 0.3) is 11.0 Å². The predicted octanol–water partition coefficient (Wildman–Crippen LogP) is 3.29. The first-order valence-corrected chi connectivity index (χ1v) is 9.51. The van der Waals surface area contributed by atoms with Crippen LogP contribution in [0.3, 0.4) is 0 Å². The molecule has 2 atom stereocenters. The highest BCUT2D eigenvalue weighted by Gasteiger charge is 2.49. The highest BCUT2D eigenvalue weighted by atomic mass is 16.6. The number of hydrogen-bond acceptors (Lipinski definition) is 5. The van der Waals surface area contributed by atoms with E-state index in [1.807, 2.05) is 48.5 Å². The van der Waals surface area contributed by atoms with Crippen LogP contribution >= 0.6 is 0 Å². The van der Waals surface area contributed by atoms with Gasteiger partial charge in [0.1, 0.15) is 17.4 Å². The fraction of sp³-hybridized carbons (Fsp3) is 0.273. The molecule has 29 heavy (non-hydrogen) atoms. The Hall–Kier alpha value is -3.48. The second-order valence-electron chi connectivity index (χ2n) is 7.29. The Kier molecular flexibility index (Phi) is 4.16. The summed E-state index contributed by atoms with van der Waals surface area (Å²) in [6.45, 7) is 1.13. The number of furan rings is 1. The molecule has 2 fully saturated rings. The zero-order valence-corrected chi connectivity index (χ0v) is 15.9. The van der Waals surface area contributed by atoms with Crippen LogP contribution in [0.15, 0.2) is 59.0 Å². The van der Waals surface area contributed by atoms with Crippen molar-refractivity contribution in [1.29, 1.82) is 0 Å². The lowest BCUT2D eigenvalue weighted by Crippen LogP contribution is -2.38. The molecule has 0 radical (unpaired) electrons. The molecule has 1 aromatic heterocycles. The molecule has 7 nitrogen and oxygen atoms in total. The molecule has 3 heterocycles. The summed E-state index contributed by atoms with van der Waals surface area (Å²) in [6.07, 6.45) is -0.702. The summed E-state index contributed by atoms with van der Waals surface area (Å²) >= 11 is 0. The van der Waals surface area contributed by atoms with Gasteiger partial charge in [-0.15, -0.1) is 0 Å². The van der Waals surface area contributed by atoms with E-state index in [2.05, 4.69) is 0 Å². The molecule has 2 saturated heterocycles. The molecule has 7 heteroatoms. The smallest absolute Gasteiger partial charge is 0.410 e. The molecule has 148 valence electrons. The predicted molar refractivity (Wildman–Crippen MR) is 105 cm³/mol. The van der Waals surface area contributed by atoms with Crippen molar-refractivity contribution in [3.63, 3.8) is 0 Å². The summed E-state index contributed by atoms with van der Waals surface area (Å²) in [6, 6.07) is 16.7. The standard InChI is InChI=1S/C22H20N2O5/c1-27-17-8-4-3-7-15(17)11-24-16-12-23(13-20(16)29-22(24)26)21(25)19-10-14-6-2-5-9-18(14)28-19/h2-10,16,20H,11-13H2,1H3/t16-,20+/m1/s1. The number of para-hydroxylation sites is 2. The van der Waals surface area contributed by atoms with Crippen LogP contribution in [-0.2, 0) is 11.3 Å². The van der Waals surface area contributed by atoms with Crippen molar-refractivity contribution in [3.05, 3.63) is 65.9 Å². The van der Waals surface area contributed by atoms with Crippen LogP contribution in [0.2, 0.25) is 0 Å². The van der Waals surface area contributed by atoms with Gasteiger partial charge in [0.15, 0.2) is 5.76 Å². The summed E-state index contributed by atoms with van der Waals surface area (Å²) in [5.74, 6) is 0.828. The maximum absolute atomic E-state index is 12.9. The van der Waals surface area contributed by atoms with E-state index < -0.39 is 0 Å². The quantitative estimate of drug-likeness (QED) is 0.681. The van der Waals surface area contributed by atoms with Crippen molar-refractivity contribution < 1.29 is 23.5 Å². The number of fused-ring (bicyclic) bond motifs is 2. The molecule has 2 aromatic carbocycles. The number of likely N-dealkylation sites (tertiary alicyclic amines) is 1. The Morgan fingerprint density at radius 3 is 2.76 bits per heavy atom. The Bertz CT molecular complexity index is 1060. The zero-order valence-electron chi connectivity index (χ0n) is 15.9. The van der Waals surface area contributed by atoms with Crippen molar-refractivity contribution in [3.8, 4) is 5.75 Å². The Balaban J connectivity index is 1.34. The second-order valence-corrected chi connectivity index (χ2v) is 7.29. The summed E-state index contributed by atoms with van der Waals surface area (Å²) < 4.78 is 16.6. The third kappa shape index (κ3) is 2.99. The maximum atomic E-state index is 12.9. The number of benzene rings is 2. The first-order chi connectivity index (χ1) is 14.1. The van der Waals surface area contributed by atoms with Gasteiger partial charge < -0.3 is 18.8 Å². The van der Waals surface area contributed by atoms with Crippen molar-refractivity contribution >= 4 is 23.0 Å². The Morgan fingerprint density at radius 2 is 1.93 bits per heavy atom. The van der Waals surface area contributed by atoms with Crippen LogP contribution < -0.4 is 4.74 Å². The van der Waals surface area contributed by atoms with Gasteiger partial charge in [-0.3, -0.25) is 9.69 Å². The van der Waals surface area contributed by atoms with Crippen LogP contribution in [-0.4, -0.2) is 54.1 Å². The first-order valence-electron chi connectivity index (χ1n) is 9.51. The van der Waals surface area contributed by atoms with Crippen molar-refractivity contribution in [2.75, 3.05) is 20.2 Å². The molecule has 3 aromatic rings. The number of nitrogens with zero attached hydrogens (tertiary/aromatic N) is 2. The monoisotopic (exact) mass is 392 g/mol. The minimum absolute atomic E-state index is 0.191. The SMILES string of the molecule is COc1ccccc1CN1C(=O)O[C@H]2CN(C(=O)c3cc4ccccc4o3)C[C@H]21. The van der Waals surface area contributed by atoms with E-state index in [1.165, 1.54) is 0 Å². The average Bonchev–Trinajstić information content (AvgIpc) is 3.42. The third-order valence-corrected chi connectivity index (χ3v) is 5.58. The molecule has 0 N–H and O–H groups in total. The highest BCUT2D eigenvalue weighted by molar-refractivity contribution is 5.96. The van der Waals surface area contributed by atoms with Gasteiger partial charge in [-0.1, -0.05) is 36.4 Å². The van der Waals surface area contributed by atoms with Crippen LogP contribution in [0, 0.1) is 0 Å². The number of ether oxygens (including phenoxy) is 2. The highest BCUT2D eigenvalue weighted by Crippen LogP contribution is 2.31. The molecule has 0 spiro atoms. The molecule has 0 saturated carbocycles. The lowest BCUT2D eigenvalue weighted by molar-refractivity contribution is 0.0699. The molecule has 0 aliphatic carbocycles. The van der Waals surface area contributed by atoms with Gasteiger partial charge in [0.2, 0.25) is 0 Å². The largest absolute Gasteiger partial charge is 0.496 e. The van der Waals surface area contributed by atoms with Gasteiger partial charge in [0.25, 0.3) is 5.91 Å². The normalized spacial score (nSPS) is 20.8. The molecular weight excluding hydrogens is 372 g/mol.